The fourth-order valence-corrected chi connectivity index (χ4v) is 3.52. The largest absolute Gasteiger partial charge is 0.448 e. The summed E-state index contributed by atoms with van der Waals surface area (Å²) in [6.45, 7) is 1.88. The molecule has 2 aromatic carbocycles. The lowest BCUT2D eigenvalue weighted by atomic mass is 9.98. The summed E-state index contributed by atoms with van der Waals surface area (Å²) in [4.78, 5) is 17.0. The molecule has 0 saturated carbocycles. The molecule has 0 radical (unpaired) electrons. The molecule has 0 fully saturated rings. The Labute approximate surface area is 168 Å². The highest BCUT2D eigenvalue weighted by Gasteiger charge is 2.21. The lowest BCUT2D eigenvalue weighted by Crippen LogP contribution is -2.29. The molecule has 0 aliphatic heterocycles. The smallest absolute Gasteiger partial charge is 0.273 e. The topological polar surface area (TPSA) is 89.3 Å². The van der Waals surface area contributed by atoms with Crippen molar-refractivity contribution < 1.29 is 17.6 Å². The number of oxazole rings is 1. The van der Waals surface area contributed by atoms with Crippen molar-refractivity contribution in [2.75, 3.05) is 6.26 Å². The van der Waals surface area contributed by atoms with E-state index in [2.05, 4.69) is 10.3 Å². The minimum absolute atomic E-state index is 0.162. The second-order valence-corrected chi connectivity index (χ2v) is 8.73. The summed E-state index contributed by atoms with van der Waals surface area (Å²) >= 11 is 5.98. The number of benzene rings is 2. The summed E-state index contributed by atoms with van der Waals surface area (Å²) in [5.74, 6) is 0.0421. The van der Waals surface area contributed by atoms with Crippen molar-refractivity contribution >= 4 is 27.3 Å². The van der Waals surface area contributed by atoms with Gasteiger partial charge in [0.15, 0.2) is 21.4 Å². The van der Waals surface area contributed by atoms with Crippen molar-refractivity contribution in [1.82, 2.24) is 10.3 Å². The number of nitrogens with zero attached hydrogens (tertiary/aromatic N) is 1. The van der Waals surface area contributed by atoms with E-state index in [1.165, 1.54) is 12.3 Å². The van der Waals surface area contributed by atoms with Gasteiger partial charge in [0.1, 0.15) is 6.26 Å². The number of hydrogen-bond acceptors (Lipinski definition) is 5. The van der Waals surface area contributed by atoms with Gasteiger partial charge in [0.2, 0.25) is 0 Å². The van der Waals surface area contributed by atoms with Crippen LogP contribution in [0.3, 0.4) is 0 Å². The maximum Gasteiger partial charge on any atom is 0.273 e. The third kappa shape index (κ3) is 4.61. The van der Waals surface area contributed by atoms with Gasteiger partial charge in [-0.1, -0.05) is 42.8 Å². The molecule has 0 aliphatic carbocycles. The molecule has 146 valence electrons. The molecule has 0 bridgehead atoms. The average Bonchev–Trinajstić information content (AvgIpc) is 3.16. The van der Waals surface area contributed by atoms with Gasteiger partial charge >= 0.3 is 0 Å². The van der Waals surface area contributed by atoms with Crippen molar-refractivity contribution in [3.63, 3.8) is 0 Å². The number of carbonyl (C=O) groups is 1. The van der Waals surface area contributed by atoms with E-state index < -0.39 is 21.8 Å². The van der Waals surface area contributed by atoms with Crippen molar-refractivity contribution in [3.05, 3.63) is 82.5 Å². The van der Waals surface area contributed by atoms with Crippen LogP contribution < -0.4 is 5.32 Å². The number of aryl methyl sites for hydroxylation is 1. The maximum absolute atomic E-state index is 12.7. The standard InChI is InChI=1S/C20H19ClN2O4S/c1-3-18-22-17(12-27-18)20(24)23-19(13-7-9-15(21)10-8-13)14-5-4-6-16(11-14)28(2,25)26/h4-12,19H,3H2,1-2H3,(H,23,24)/t19-/m1/s1. The Morgan fingerprint density at radius 3 is 2.50 bits per heavy atom. The Morgan fingerprint density at radius 1 is 1.18 bits per heavy atom. The SMILES string of the molecule is CCc1nc(C(=O)N[C@H](c2ccc(Cl)cc2)c2cccc(S(C)(=O)=O)c2)co1. The van der Waals surface area contributed by atoms with E-state index in [0.29, 0.717) is 22.9 Å². The quantitative estimate of drug-likeness (QED) is 0.657. The zero-order valence-corrected chi connectivity index (χ0v) is 16.9. The van der Waals surface area contributed by atoms with Crippen LogP contribution in [-0.4, -0.2) is 25.6 Å². The van der Waals surface area contributed by atoms with Gasteiger partial charge in [-0.2, -0.15) is 0 Å². The molecule has 1 amide bonds. The predicted octanol–water partition coefficient (Wildman–Crippen LogP) is 3.81. The Balaban J connectivity index is 2.00. The lowest BCUT2D eigenvalue weighted by molar-refractivity contribution is 0.0938. The average molecular weight is 419 g/mol. The van der Waals surface area contributed by atoms with E-state index in [9.17, 15) is 13.2 Å². The number of sulfone groups is 1. The van der Waals surface area contributed by atoms with Crippen LogP contribution in [-0.2, 0) is 16.3 Å². The molecule has 1 heterocycles. The number of nitrogens with one attached hydrogen (secondary N) is 1. The van der Waals surface area contributed by atoms with Crippen LogP contribution in [0.2, 0.25) is 5.02 Å². The van der Waals surface area contributed by atoms with Crippen molar-refractivity contribution in [1.29, 1.82) is 0 Å². The third-order valence-corrected chi connectivity index (χ3v) is 5.55. The Hall–Kier alpha value is -2.64. The van der Waals surface area contributed by atoms with Crippen LogP contribution in [0, 0.1) is 0 Å². The fourth-order valence-electron chi connectivity index (χ4n) is 2.72. The second-order valence-electron chi connectivity index (χ2n) is 6.28. The first kappa shape index (κ1) is 20.1. The molecular formula is C20H19ClN2O4S. The number of aromatic nitrogens is 1. The van der Waals surface area contributed by atoms with Crippen molar-refractivity contribution in [2.45, 2.75) is 24.3 Å². The van der Waals surface area contributed by atoms with Crippen LogP contribution >= 0.6 is 11.6 Å². The van der Waals surface area contributed by atoms with Gasteiger partial charge in [0, 0.05) is 17.7 Å². The van der Waals surface area contributed by atoms with Crippen molar-refractivity contribution in [2.24, 2.45) is 0 Å². The van der Waals surface area contributed by atoms with Gasteiger partial charge in [0.25, 0.3) is 5.91 Å². The zero-order chi connectivity index (χ0) is 20.3. The molecule has 0 unspecified atom stereocenters. The van der Waals surface area contributed by atoms with E-state index in [-0.39, 0.29) is 10.6 Å². The minimum Gasteiger partial charge on any atom is -0.448 e. The molecule has 28 heavy (non-hydrogen) atoms. The molecule has 0 saturated heterocycles. The monoisotopic (exact) mass is 418 g/mol. The van der Waals surface area contributed by atoms with Crippen LogP contribution in [0.15, 0.2) is 64.1 Å². The van der Waals surface area contributed by atoms with E-state index in [0.717, 1.165) is 11.8 Å². The Kier molecular flexibility index (Phi) is 5.86. The first-order valence-corrected chi connectivity index (χ1v) is 10.9. The van der Waals surface area contributed by atoms with E-state index in [4.69, 9.17) is 16.0 Å². The molecular weight excluding hydrogens is 400 g/mol. The number of amides is 1. The highest BCUT2D eigenvalue weighted by atomic mass is 35.5. The highest BCUT2D eigenvalue weighted by molar-refractivity contribution is 7.90. The first-order valence-electron chi connectivity index (χ1n) is 8.58. The molecule has 1 N–H and O–H groups in total. The number of rotatable bonds is 6. The van der Waals surface area contributed by atoms with Crippen LogP contribution in [0.25, 0.3) is 0 Å². The second kappa shape index (κ2) is 8.16. The summed E-state index contributed by atoms with van der Waals surface area (Å²) in [6, 6.07) is 12.9. The molecule has 0 aliphatic rings. The molecule has 3 aromatic rings. The van der Waals surface area contributed by atoms with Crippen LogP contribution in [0.5, 0.6) is 0 Å². The van der Waals surface area contributed by atoms with Gasteiger partial charge < -0.3 is 9.73 Å². The minimum atomic E-state index is -3.39. The Bertz CT molecular complexity index is 1090. The van der Waals surface area contributed by atoms with Crippen LogP contribution in [0.1, 0.15) is 40.5 Å². The highest BCUT2D eigenvalue weighted by Crippen LogP contribution is 2.26. The lowest BCUT2D eigenvalue weighted by Gasteiger charge is -2.20. The molecule has 3 rings (SSSR count). The zero-order valence-electron chi connectivity index (χ0n) is 15.3. The summed E-state index contributed by atoms with van der Waals surface area (Å²) in [5.41, 5.74) is 1.54. The molecule has 0 spiro atoms. The normalized spacial score (nSPS) is 12.5. The number of carbonyl (C=O) groups excluding carboxylic acids is 1. The van der Waals surface area contributed by atoms with E-state index in [1.807, 2.05) is 6.92 Å². The summed E-state index contributed by atoms with van der Waals surface area (Å²) in [7, 11) is -3.39. The third-order valence-electron chi connectivity index (χ3n) is 4.19. The number of halogens is 1. The first-order chi connectivity index (χ1) is 13.3. The van der Waals surface area contributed by atoms with Gasteiger partial charge in [-0.3, -0.25) is 4.79 Å². The Morgan fingerprint density at radius 2 is 1.89 bits per heavy atom. The molecule has 6 nitrogen and oxygen atoms in total. The predicted molar refractivity (Wildman–Crippen MR) is 106 cm³/mol. The van der Waals surface area contributed by atoms with Gasteiger partial charge in [0.05, 0.1) is 10.9 Å². The van der Waals surface area contributed by atoms with Gasteiger partial charge in [-0.15, -0.1) is 0 Å². The van der Waals surface area contributed by atoms with Gasteiger partial charge in [-0.05, 0) is 35.4 Å². The maximum atomic E-state index is 12.7. The fraction of sp³-hybridized carbons (Fsp3) is 0.200. The summed E-state index contributed by atoms with van der Waals surface area (Å²) < 4.78 is 29.1. The van der Waals surface area contributed by atoms with E-state index >= 15 is 0 Å². The summed E-state index contributed by atoms with van der Waals surface area (Å²) in [6.07, 6.45) is 3.02. The van der Waals surface area contributed by atoms with Gasteiger partial charge in [-0.25, -0.2) is 13.4 Å². The van der Waals surface area contributed by atoms with Crippen LogP contribution in [0.4, 0.5) is 0 Å². The molecule has 1 atom stereocenters. The molecule has 1 aromatic heterocycles. The van der Waals surface area contributed by atoms with E-state index in [1.54, 1.807) is 42.5 Å². The molecule has 8 heteroatoms. The van der Waals surface area contributed by atoms with Crippen molar-refractivity contribution in [3.8, 4) is 0 Å². The number of hydrogen-bond donors (Lipinski definition) is 1. The summed E-state index contributed by atoms with van der Waals surface area (Å²) in [5, 5.41) is 3.46.